The van der Waals surface area contributed by atoms with E-state index in [1.54, 1.807) is 0 Å². The Bertz CT molecular complexity index is 454. The number of likely N-dealkylation sites (N-methyl/N-ethyl adjacent to an activating group) is 2. The predicted molar refractivity (Wildman–Crippen MR) is 87.8 cm³/mol. The van der Waals surface area contributed by atoms with E-state index >= 15 is 0 Å². The van der Waals surface area contributed by atoms with Crippen LogP contribution in [0.5, 0.6) is 0 Å². The first kappa shape index (κ1) is 16.2. The molecule has 1 aliphatic rings. The van der Waals surface area contributed by atoms with E-state index in [4.69, 9.17) is 4.98 Å². The van der Waals surface area contributed by atoms with Gasteiger partial charge in [0.2, 0.25) is 0 Å². The van der Waals surface area contributed by atoms with Crippen molar-refractivity contribution in [3.8, 4) is 0 Å². The zero-order valence-corrected chi connectivity index (χ0v) is 14.1. The fraction of sp³-hybridized carbons (Fsp3) is 0.750. The van der Waals surface area contributed by atoms with E-state index in [1.807, 2.05) is 6.20 Å². The molecule has 0 unspecified atom stereocenters. The molecule has 1 aliphatic carbocycles. The Balaban J connectivity index is 2.12. The van der Waals surface area contributed by atoms with Gasteiger partial charge in [0, 0.05) is 38.6 Å². The van der Waals surface area contributed by atoms with E-state index < -0.39 is 0 Å². The molecule has 0 spiro atoms. The lowest BCUT2D eigenvalue weighted by atomic mass is 10.2. The molecule has 1 N–H and O–H groups in total. The van der Waals surface area contributed by atoms with Crippen LogP contribution in [0.1, 0.15) is 44.1 Å². The maximum Gasteiger partial charge on any atom is 0.131 e. The maximum atomic E-state index is 4.79. The van der Waals surface area contributed by atoms with Crippen LogP contribution in [0.2, 0.25) is 0 Å². The summed E-state index contributed by atoms with van der Waals surface area (Å²) < 4.78 is 0. The lowest BCUT2D eigenvalue weighted by molar-refractivity contribution is 0.416. The van der Waals surface area contributed by atoms with Crippen molar-refractivity contribution in [3.05, 3.63) is 17.7 Å². The van der Waals surface area contributed by atoms with Gasteiger partial charge in [-0.25, -0.2) is 9.97 Å². The van der Waals surface area contributed by atoms with Gasteiger partial charge in [-0.2, -0.15) is 0 Å². The highest BCUT2D eigenvalue weighted by molar-refractivity contribution is 5.48. The standard InChI is InChI=1S/C16H29N5/c1-12(2)16-18-11-15(21(5)9-8-20(3)4)14(19-16)10-17-13-6-7-13/h11-13,17H,6-10H2,1-5H3. The fourth-order valence-corrected chi connectivity index (χ4v) is 2.15. The van der Waals surface area contributed by atoms with Gasteiger partial charge in [-0.15, -0.1) is 0 Å². The lowest BCUT2D eigenvalue weighted by Gasteiger charge is -2.24. The third-order valence-electron chi connectivity index (χ3n) is 3.81. The quantitative estimate of drug-likeness (QED) is 0.792. The second kappa shape index (κ2) is 7.18. The van der Waals surface area contributed by atoms with E-state index in [2.05, 4.69) is 55.1 Å². The van der Waals surface area contributed by atoms with Gasteiger partial charge in [-0.3, -0.25) is 0 Å². The van der Waals surface area contributed by atoms with Gasteiger partial charge in [-0.1, -0.05) is 13.8 Å². The minimum atomic E-state index is 0.366. The predicted octanol–water partition coefficient (Wildman–Crippen LogP) is 1.85. The summed E-state index contributed by atoms with van der Waals surface area (Å²) in [6.45, 7) is 7.13. The van der Waals surface area contributed by atoms with E-state index in [0.717, 1.165) is 36.8 Å². The molecule has 2 rings (SSSR count). The van der Waals surface area contributed by atoms with Gasteiger partial charge < -0.3 is 15.1 Å². The third-order valence-corrected chi connectivity index (χ3v) is 3.81. The molecule has 1 heterocycles. The van der Waals surface area contributed by atoms with Crippen LogP contribution in [0.3, 0.4) is 0 Å². The molecule has 1 aromatic heterocycles. The van der Waals surface area contributed by atoms with Crippen LogP contribution < -0.4 is 10.2 Å². The van der Waals surface area contributed by atoms with Crippen LogP contribution in [-0.4, -0.2) is 55.1 Å². The van der Waals surface area contributed by atoms with Crippen molar-refractivity contribution in [1.29, 1.82) is 0 Å². The maximum absolute atomic E-state index is 4.79. The topological polar surface area (TPSA) is 44.3 Å². The smallest absolute Gasteiger partial charge is 0.131 e. The van der Waals surface area contributed by atoms with Crippen LogP contribution in [0.15, 0.2) is 6.20 Å². The van der Waals surface area contributed by atoms with Crippen molar-refractivity contribution in [2.45, 2.75) is 45.2 Å². The van der Waals surface area contributed by atoms with Gasteiger partial charge in [0.25, 0.3) is 0 Å². The molecular weight excluding hydrogens is 262 g/mol. The number of hydrogen-bond donors (Lipinski definition) is 1. The highest BCUT2D eigenvalue weighted by Crippen LogP contribution is 2.23. The molecule has 0 aromatic carbocycles. The second-order valence-corrected chi connectivity index (χ2v) is 6.59. The molecule has 1 fully saturated rings. The van der Waals surface area contributed by atoms with Gasteiger partial charge in [0.1, 0.15) is 5.82 Å². The number of aromatic nitrogens is 2. The van der Waals surface area contributed by atoms with Gasteiger partial charge in [0.15, 0.2) is 0 Å². The number of anilines is 1. The average Bonchev–Trinajstić information content (AvgIpc) is 3.26. The molecule has 0 aliphatic heterocycles. The summed E-state index contributed by atoms with van der Waals surface area (Å²) in [5, 5.41) is 3.57. The summed E-state index contributed by atoms with van der Waals surface area (Å²) in [6.07, 6.45) is 4.59. The first-order valence-corrected chi connectivity index (χ1v) is 7.92. The molecule has 0 saturated heterocycles. The largest absolute Gasteiger partial charge is 0.371 e. The van der Waals surface area contributed by atoms with Gasteiger partial charge >= 0.3 is 0 Å². The van der Waals surface area contributed by atoms with Crippen molar-refractivity contribution in [1.82, 2.24) is 20.2 Å². The lowest BCUT2D eigenvalue weighted by Crippen LogP contribution is -2.30. The first-order valence-electron chi connectivity index (χ1n) is 7.92. The summed E-state index contributed by atoms with van der Waals surface area (Å²) in [6, 6.07) is 0.697. The molecule has 0 amide bonds. The Morgan fingerprint density at radius 3 is 2.52 bits per heavy atom. The third kappa shape index (κ3) is 4.93. The average molecular weight is 291 g/mol. The van der Waals surface area contributed by atoms with Crippen LogP contribution in [0.25, 0.3) is 0 Å². The Kier molecular flexibility index (Phi) is 5.53. The van der Waals surface area contributed by atoms with Gasteiger partial charge in [0.05, 0.1) is 17.6 Å². The summed E-state index contributed by atoms with van der Waals surface area (Å²) in [5.41, 5.74) is 2.27. The Morgan fingerprint density at radius 1 is 1.24 bits per heavy atom. The summed E-state index contributed by atoms with van der Waals surface area (Å²) in [5.74, 6) is 1.30. The first-order chi connectivity index (χ1) is 9.97. The van der Waals surface area contributed by atoms with Crippen LogP contribution in [-0.2, 0) is 6.54 Å². The number of hydrogen-bond acceptors (Lipinski definition) is 5. The number of rotatable bonds is 8. The molecule has 5 heteroatoms. The number of nitrogens with zero attached hydrogens (tertiary/aromatic N) is 4. The monoisotopic (exact) mass is 291 g/mol. The minimum Gasteiger partial charge on any atom is -0.371 e. The highest BCUT2D eigenvalue weighted by Gasteiger charge is 2.22. The van der Waals surface area contributed by atoms with Crippen LogP contribution in [0.4, 0.5) is 5.69 Å². The van der Waals surface area contributed by atoms with E-state index in [9.17, 15) is 0 Å². The number of nitrogens with one attached hydrogen (secondary N) is 1. The van der Waals surface area contributed by atoms with Crippen molar-refractivity contribution < 1.29 is 0 Å². The van der Waals surface area contributed by atoms with E-state index in [-0.39, 0.29) is 0 Å². The van der Waals surface area contributed by atoms with Crippen LogP contribution >= 0.6 is 0 Å². The summed E-state index contributed by atoms with van der Waals surface area (Å²) in [4.78, 5) is 13.8. The zero-order valence-electron chi connectivity index (χ0n) is 14.1. The summed E-state index contributed by atoms with van der Waals surface area (Å²) in [7, 11) is 6.32. The SMILES string of the molecule is CC(C)c1ncc(N(C)CCN(C)C)c(CNC2CC2)n1. The molecule has 0 radical (unpaired) electrons. The van der Waals surface area contributed by atoms with Crippen molar-refractivity contribution in [3.63, 3.8) is 0 Å². The van der Waals surface area contributed by atoms with Crippen molar-refractivity contribution >= 4 is 5.69 Å². The van der Waals surface area contributed by atoms with Crippen molar-refractivity contribution in [2.75, 3.05) is 39.1 Å². The highest BCUT2D eigenvalue weighted by atomic mass is 15.2. The molecular formula is C16H29N5. The fourth-order valence-electron chi connectivity index (χ4n) is 2.15. The second-order valence-electron chi connectivity index (χ2n) is 6.59. The Hall–Kier alpha value is -1.20. The zero-order chi connectivity index (χ0) is 15.4. The molecule has 0 atom stereocenters. The summed E-state index contributed by atoms with van der Waals surface area (Å²) >= 11 is 0. The molecule has 1 saturated carbocycles. The van der Waals surface area contributed by atoms with Crippen molar-refractivity contribution in [2.24, 2.45) is 0 Å². The normalized spacial score (nSPS) is 15.0. The van der Waals surface area contributed by atoms with Crippen LogP contribution in [0, 0.1) is 0 Å². The van der Waals surface area contributed by atoms with Gasteiger partial charge in [-0.05, 0) is 26.9 Å². The molecule has 118 valence electrons. The molecule has 21 heavy (non-hydrogen) atoms. The molecule has 0 bridgehead atoms. The minimum absolute atomic E-state index is 0.366. The van der Waals surface area contributed by atoms with E-state index in [1.165, 1.54) is 12.8 Å². The van der Waals surface area contributed by atoms with E-state index in [0.29, 0.717) is 12.0 Å². The molecule has 1 aromatic rings. The Labute approximate surface area is 128 Å². The Morgan fingerprint density at radius 2 is 1.95 bits per heavy atom. The molecule has 5 nitrogen and oxygen atoms in total.